The van der Waals surface area contributed by atoms with Crippen molar-refractivity contribution in [2.75, 3.05) is 0 Å². The zero-order valence-corrected chi connectivity index (χ0v) is 12.3. The van der Waals surface area contributed by atoms with Crippen LogP contribution >= 0.6 is 15.9 Å². The van der Waals surface area contributed by atoms with Crippen LogP contribution in [0.1, 0.15) is 35.4 Å². The lowest BCUT2D eigenvalue weighted by atomic mass is 10.3. The van der Waals surface area contributed by atoms with Crippen LogP contribution in [-0.4, -0.2) is 20.7 Å². The molecule has 0 aliphatic rings. The first-order valence-electron chi connectivity index (χ1n) is 5.91. The Morgan fingerprint density at radius 1 is 1.53 bits per heavy atom. The molecule has 7 heteroatoms. The van der Waals surface area contributed by atoms with Crippen LogP contribution in [0.5, 0.6) is 0 Å². The van der Waals surface area contributed by atoms with Crippen LogP contribution in [-0.2, 0) is 17.9 Å². The second kappa shape index (κ2) is 6.01. The Labute approximate surface area is 118 Å². The molecule has 0 aliphatic heterocycles. The van der Waals surface area contributed by atoms with Crippen molar-refractivity contribution in [2.45, 2.75) is 33.4 Å². The lowest BCUT2D eigenvalue weighted by molar-refractivity contribution is 0.0456. The van der Waals surface area contributed by atoms with Gasteiger partial charge in [0.15, 0.2) is 17.1 Å². The van der Waals surface area contributed by atoms with Crippen LogP contribution in [0.2, 0.25) is 0 Å². The Kier molecular flexibility index (Phi) is 4.36. The second-order valence-electron chi connectivity index (χ2n) is 4.03. The first-order valence-corrected chi connectivity index (χ1v) is 6.71. The third-order valence-corrected chi connectivity index (χ3v) is 3.01. The maximum Gasteiger partial charge on any atom is 0.341 e. The van der Waals surface area contributed by atoms with Crippen molar-refractivity contribution in [2.24, 2.45) is 0 Å². The SMILES string of the molecule is CCCn1c(C)nnc1COC(=O)c1coc(Br)c1. The zero-order valence-electron chi connectivity index (χ0n) is 10.7. The Bertz CT molecular complexity index is 577. The minimum absolute atomic E-state index is 0.0997. The number of ether oxygens (including phenoxy) is 1. The molecule has 0 N–H and O–H groups in total. The van der Waals surface area contributed by atoms with E-state index in [9.17, 15) is 4.79 Å². The van der Waals surface area contributed by atoms with Crippen LogP contribution in [0.3, 0.4) is 0 Å². The molecule has 102 valence electrons. The van der Waals surface area contributed by atoms with Gasteiger partial charge in [-0.25, -0.2) is 4.79 Å². The predicted molar refractivity (Wildman–Crippen MR) is 70.6 cm³/mol. The number of hydrogen-bond donors (Lipinski definition) is 0. The third kappa shape index (κ3) is 3.23. The van der Waals surface area contributed by atoms with Crippen molar-refractivity contribution in [1.29, 1.82) is 0 Å². The molecule has 0 bridgehead atoms. The lowest BCUT2D eigenvalue weighted by Gasteiger charge is -2.07. The van der Waals surface area contributed by atoms with Gasteiger partial charge < -0.3 is 13.7 Å². The van der Waals surface area contributed by atoms with Gasteiger partial charge in [0.1, 0.15) is 12.1 Å². The first-order chi connectivity index (χ1) is 9.11. The highest BCUT2D eigenvalue weighted by Crippen LogP contribution is 2.15. The summed E-state index contributed by atoms with van der Waals surface area (Å²) in [7, 11) is 0. The van der Waals surface area contributed by atoms with Gasteiger partial charge in [-0.2, -0.15) is 0 Å². The first kappa shape index (κ1) is 13.8. The molecule has 0 aromatic carbocycles. The number of furan rings is 1. The maximum atomic E-state index is 11.7. The van der Waals surface area contributed by atoms with E-state index in [0.29, 0.717) is 16.1 Å². The highest BCUT2D eigenvalue weighted by Gasteiger charge is 2.14. The van der Waals surface area contributed by atoms with Crippen LogP contribution in [0.4, 0.5) is 0 Å². The number of carbonyl (C=O) groups excluding carboxylic acids is 1. The van der Waals surface area contributed by atoms with E-state index in [0.717, 1.165) is 18.8 Å². The lowest BCUT2D eigenvalue weighted by Crippen LogP contribution is -2.10. The number of aromatic nitrogens is 3. The van der Waals surface area contributed by atoms with Gasteiger partial charge in [-0.15, -0.1) is 10.2 Å². The number of carbonyl (C=O) groups is 1. The molecule has 6 nitrogen and oxygen atoms in total. The maximum absolute atomic E-state index is 11.7. The van der Waals surface area contributed by atoms with Crippen molar-refractivity contribution in [3.05, 3.63) is 34.2 Å². The number of aryl methyl sites for hydroxylation is 1. The zero-order chi connectivity index (χ0) is 13.8. The van der Waals surface area contributed by atoms with E-state index in [-0.39, 0.29) is 6.61 Å². The fourth-order valence-electron chi connectivity index (χ4n) is 1.68. The molecule has 19 heavy (non-hydrogen) atoms. The summed E-state index contributed by atoms with van der Waals surface area (Å²) in [4.78, 5) is 11.7. The molecule has 2 heterocycles. The molecule has 0 saturated heterocycles. The van der Waals surface area contributed by atoms with Crippen molar-refractivity contribution in [1.82, 2.24) is 14.8 Å². The smallest absolute Gasteiger partial charge is 0.341 e. The minimum atomic E-state index is -0.446. The summed E-state index contributed by atoms with van der Waals surface area (Å²) in [6.45, 7) is 4.85. The van der Waals surface area contributed by atoms with E-state index >= 15 is 0 Å². The third-order valence-electron chi connectivity index (χ3n) is 2.60. The molecular weight excluding hydrogens is 314 g/mol. The Balaban J connectivity index is 2.01. The molecule has 0 radical (unpaired) electrons. The number of esters is 1. The van der Waals surface area contributed by atoms with Crippen molar-refractivity contribution >= 4 is 21.9 Å². The van der Waals surface area contributed by atoms with Crippen molar-refractivity contribution < 1.29 is 13.9 Å². The van der Waals surface area contributed by atoms with Gasteiger partial charge in [0, 0.05) is 12.6 Å². The van der Waals surface area contributed by atoms with E-state index in [2.05, 4.69) is 33.1 Å². The molecule has 0 spiro atoms. The molecule has 2 rings (SSSR count). The van der Waals surface area contributed by atoms with Gasteiger partial charge in [-0.1, -0.05) is 6.92 Å². The highest BCUT2D eigenvalue weighted by atomic mass is 79.9. The van der Waals surface area contributed by atoms with Gasteiger partial charge in [0.25, 0.3) is 0 Å². The fraction of sp³-hybridized carbons (Fsp3) is 0.417. The molecule has 0 atom stereocenters. The molecule has 0 amide bonds. The largest absolute Gasteiger partial charge is 0.457 e. The van der Waals surface area contributed by atoms with Gasteiger partial charge in [-0.3, -0.25) is 0 Å². The number of hydrogen-bond acceptors (Lipinski definition) is 5. The molecule has 0 saturated carbocycles. The molecule has 0 fully saturated rings. The van der Waals surface area contributed by atoms with Crippen molar-refractivity contribution in [3.63, 3.8) is 0 Å². The highest BCUT2D eigenvalue weighted by molar-refractivity contribution is 9.10. The van der Waals surface area contributed by atoms with Crippen LogP contribution in [0, 0.1) is 6.92 Å². The fourth-order valence-corrected chi connectivity index (χ4v) is 2.02. The summed E-state index contributed by atoms with van der Waals surface area (Å²) in [5, 5.41) is 7.99. The molecular formula is C12H14BrN3O3. The monoisotopic (exact) mass is 327 g/mol. The quantitative estimate of drug-likeness (QED) is 0.789. The summed E-state index contributed by atoms with van der Waals surface area (Å²) < 4.78 is 12.6. The molecule has 0 unspecified atom stereocenters. The topological polar surface area (TPSA) is 70.2 Å². The summed E-state index contributed by atoms with van der Waals surface area (Å²) in [5.41, 5.74) is 0.366. The van der Waals surface area contributed by atoms with Crippen LogP contribution in [0.15, 0.2) is 21.4 Å². The van der Waals surface area contributed by atoms with Gasteiger partial charge in [0.05, 0.1) is 5.56 Å². The summed E-state index contributed by atoms with van der Waals surface area (Å²) in [5.74, 6) is 1.02. The second-order valence-corrected chi connectivity index (χ2v) is 4.81. The number of nitrogens with zero attached hydrogens (tertiary/aromatic N) is 3. The normalized spacial score (nSPS) is 10.7. The Hall–Kier alpha value is -1.63. The van der Waals surface area contributed by atoms with Crippen LogP contribution < -0.4 is 0 Å². The Morgan fingerprint density at radius 3 is 2.95 bits per heavy atom. The van der Waals surface area contributed by atoms with Crippen LogP contribution in [0.25, 0.3) is 0 Å². The molecule has 2 aromatic heterocycles. The number of rotatable bonds is 5. The van der Waals surface area contributed by atoms with Gasteiger partial charge in [0.2, 0.25) is 0 Å². The number of halogens is 1. The van der Waals surface area contributed by atoms with E-state index in [4.69, 9.17) is 9.15 Å². The average Bonchev–Trinajstić information content (AvgIpc) is 2.96. The van der Waals surface area contributed by atoms with Gasteiger partial charge in [-0.05, 0) is 29.3 Å². The summed E-state index contributed by atoms with van der Waals surface area (Å²) in [6.07, 6.45) is 2.31. The minimum Gasteiger partial charge on any atom is -0.457 e. The molecule has 2 aromatic rings. The van der Waals surface area contributed by atoms with Crippen molar-refractivity contribution in [3.8, 4) is 0 Å². The molecule has 0 aliphatic carbocycles. The summed E-state index contributed by atoms with van der Waals surface area (Å²) >= 11 is 3.13. The predicted octanol–water partition coefficient (Wildman–Crippen LogP) is 2.71. The van der Waals surface area contributed by atoms with E-state index in [1.54, 1.807) is 6.07 Å². The average molecular weight is 328 g/mol. The summed E-state index contributed by atoms with van der Waals surface area (Å²) in [6, 6.07) is 1.56. The van der Waals surface area contributed by atoms with Gasteiger partial charge >= 0.3 is 5.97 Å². The van der Waals surface area contributed by atoms with E-state index < -0.39 is 5.97 Å². The van der Waals surface area contributed by atoms with E-state index in [1.165, 1.54) is 6.26 Å². The van der Waals surface area contributed by atoms with E-state index in [1.807, 2.05) is 11.5 Å². The standard InChI is InChI=1S/C12H14BrN3O3/c1-3-4-16-8(2)14-15-11(16)7-19-12(17)9-5-10(13)18-6-9/h5-6H,3-4,7H2,1-2H3. The Morgan fingerprint density at radius 2 is 2.32 bits per heavy atom.